The van der Waals surface area contributed by atoms with Crippen LogP contribution in [0.5, 0.6) is 0 Å². The van der Waals surface area contributed by atoms with Crippen LogP contribution in [0.15, 0.2) is 24.3 Å². The number of non-ortho nitro benzene ring substituents is 1. The Morgan fingerprint density at radius 1 is 1.43 bits per heavy atom. The Morgan fingerprint density at radius 3 is 2.36 bits per heavy atom. The lowest BCUT2D eigenvalue weighted by Gasteiger charge is -1.94. The number of hydrogen-bond acceptors (Lipinski definition) is 4. The van der Waals surface area contributed by atoms with Gasteiger partial charge in [0.25, 0.3) is 5.69 Å². The van der Waals surface area contributed by atoms with Crippen molar-refractivity contribution in [2.75, 3.05) is 0 Å². The van der Waals surface area contributed by atoms with Gasteiger partial charge in [0.2, 0.25) is 0 Å². The molecule has 68 valence electrons. The molecule has 0 radical (unpaired) electrons. The minimum absolute atomic E-state index is 0.0454. The summed E-state index contributed by atoms with van der Waals surface area (Å²) >= 11 is 0. The first kappa shape index (κ1) is 9.65. The Bertz CT molecular complexity index is 450. The smallest absolute Gasteiger partial charge is 0.258 e. The first-order valence-corrected chi connectivity index (χ1v) is 3.63. The highest BCUT2D eigenvalue weighted by atomic mass is 16.6. The summed E-state index contributed by atoms with van der Waals surface area (Å²) in [4.78, 5) is 9.78. The third-order valence-corrected chi connectivity index (χ3v) is 1.60. The number of nitrogens with one attached hydrogen (secondary N) is 1. The van der Waals surface area contributed by atoms with Gasteiger partial charge in [0.15, 0.2) is 0 Å². The van der Waals surface area contributed by atoms with E-state index in [9.17, 15) is 10.1 Å². The Balaban J connectivity index is 3.13. The number of rotatable bonds is 2. The molecule has 1 aromatic carbocycles. The number of hydrogen-bond donors (Lipinski definition) is 1. The molecule has 0 unspecified atom stereocenters. The van der Waals surface area contributed by atoms with Crippen molar-refractivity contribution < 1.29 is 4.92 Å². The summed E-state index contributed by atoms with van der Waals surface area (Å²) in [6.45, 7) is 0. The topological polar surface area (TPSA) is 90.8 Å². The number of nitro groups is 1. The predicted molar refractivity (Wildman–Crippen MR) is 49.8 cm³/mol. The molecule has 1 aromatic rings. The minimum atomic E-state index is -0.524. The van der Waals surface area contributed by atoms with Crippen molar-refractivity contribution in [3.05, 3.63) is 39.9 Å². The maximum atomic E-state index is 10.3. The molecular formula is C9H5N3O2. The fourth-order valence-electron chi connectivity index (χ4n) is 0.914. The van der Waals surface area contributed by atoms with Crippen LogP contribution in [-0.2, 0) is 0 Å². The molecule has 0 spiro atoms. The summed E-state index contributed by atoms with van der Waals surface area (Å²) in [6.07, 6.45) is 0. The van der Waals surface area contributed by atoms with Gasteiger partial charge in [-0.2, -0.15) is 5.26 Å². The van der Waals surface area contributed by atoms with Gasteiger partial charge in [-0.05, 0) is 18.0 Å². The van der Waals surface area contributed by atoms with Crippen LogP contribution < -0.4 is 0 Å². The van der Waals surface area contributed by atoms with Crippen molar-refractivity contribution in [3.63, 3.8) is 0 Å². The van der Waals surface area contributed by atoms with Crippen LogP contribution in [-0.4, -0.2) is 10.8 Å². The molecule has 0 saturated carbocycles. The van der Waals surface area contributed by atoms with Crippen molar-refractivity contribution in [2.24, 2.45) is 0 Å². The van der Waals surface area contributed by atoms with Gasteiger partial charge in [-0.25, -0.2) is 0 Å². The second-order valence-corrected chi connectivity index (χ2v) is 2.42. The molecule has 5 heteroatoms. The summed E-state index contributed by atoms with van der Waals surface area (Å²) in [5.74, 6) is 1.95. The van der Waals surface area contributed by atoms with Crippen molar-refractivity contribution in [1.29, 1.82) is 10.7 Å². The molecule has 14 heavy (non-hydrogen) atoms. The largest absolute Gasteiger partial charge is 0.269 e. The van der Waals surface area contributed by atoms with E-state index >= 15 is 0 Å². The molecule has 0 aliphatic rings. The molecule has 0 heterocycles. The fraction of sp³-hybridized carbons (Fsp3) is 0. The molecular weight excluding hydrogens is 182 g/mol. The molecule has 0 aliphatic carbocycles. The lowest BCUT2D eigenvalue weighted by molar-refractivity contribution is -0.384. The van der Waals surface area contributed by atoms with Crippen LogP contribution in [0, 0.1) is 26.9 Å². The number of nitro benzene ring substituents is 1. The average Bonchev–Trinajstić information content (AvgIpc) is 2.20. The Hall–Kier alpha value is -2.44. The third kappa shape index (κ3) is 1.83. The Labute approximate surface area is 79.6 Å². The summed E-state index contributed by atoms with van der Waals surface area (Å²) < 4.78 is 0. The molecule has 5 nitrogen and oxygen atoms in total. The molecule has 1 rings (SSSR count). The molecule has 0 aliphatic heterocycles. The monoisotopic (exact) mass is 187 g/mol. The van der Waals surface area contributed by atoms with Gasteiger partial charge in [0, 0.05) is 17.7 Å². The van der Waals surface area contributed by atoms with Crippen LogP contribution in [0.3, 0.4) is 0 Å². The van der Waals surface area contributed by atoms with Crippen LogP contribution in [0.25, 0.3) is 5.57 Å². The molecule has 0 saturated heterocycles. The van der Waals surface area contributed by atoms with Crippen LogP contribution >= 0.6 is 0 Å². The zero-order chi connectivity index (χ0) is 10.6. The summed E-state index contributed by atoms with van der Waals surface area (Å²) in [5.41, 5.74) is 0.462. The maximum Gasteiger partial charge on any atom is 0.269 e. The second-order valence-electron chi connectivity index (χ2n) is 2.42. The summed E-state index contributed by atoms with van der Waals surface area (Å²) in [6, 6.07) is 7.16. The highest BCUT2D eigenvalue weighted by Crippen LogP contribution is 2.16. The van der Waals surface area contributed by atoms with E-state index in [1.807, 2.05) is 5.87 Å². The Morgan fingerprint density at radius 2 is 2.00 bits per heavy atom. The van der Waals surface area contributed by atoms with Crippen LogP contribution in [0.2, 0.25) is 0 Å². The van der Waals surface area contributed by atoms with E-state index in [1.54, 1.807) is 6.07 Å². The first-order chi connectivity index (χ1) is 6.69. The van der Waals surface area contributed by atoms with E-state index in [0.717, 1.165) is 0 Å². The zero-order valence-corrected chi connectivity index (χ0v) is 7.02. The number of nitriles is 1. The number of benzene rings is 1. The molecule has 0 aromatic heterocycles. The Kier molecular flexibility index (Phi) is 2.75. The van der Waals surface area contributed by atoms with E-state index in [-0.39, 0.29) is 11.3 Å². The normalized spacial score (nSPS) is 8.50. The lowest BCUT2D eigenvalue weighted by atomic mass is 10.1. The number of nitrogens with zero attached hydrogens (tertiary/aromatic N) is 2. The molecule has 1 N–H and O–H groups in total. The van der Waals surface area contributed by atoms with Gasteiger partial charge in [-0.1, -0.05) is 0 Å². The van der Waals surface area contributed by atoms with Crippen LogP contribution in [0.4, 0.5) is 5.69 Å². The summed E-state index contributed by atoms with van der Waals surface area (Å²) in [7, 11) is 0. The highest BCUT2D eigenvalue weighted by Gasteiger charge is 2.05. The molecule has 0 amide bonds. The average molecular weight is 187 g/mol. The van der Waals surface area contributed by atoms with E-state index in [2.05, 4.69) is 0 Å². The first-order valence-electron chi connectivity index (χ1n) is 3.63. The maximum absolute atomic E-state index is 10.3. The van der Waals surface area contributed by atoms with Crippen LogP contribution in [0.1, 0.15) is 5.56 Å². The molecule has 0 fully saturated rings. The van der Waals surface area contributed by atoms with Crippen molar-refractivity contribution in [3.8, 4) is 6.07 Å². The van der Waals surface area contributed by atoms with Crippen molar-refractivity contribution in [2.45, 2.75) is 0 Å². The highest BCUT2D eigenvalue weighted by molar-refractivity contribution is 5.96. The van der Waals surface area contributed by atoms with Gasteiger partial charge >= 0.3 is 0 Å². The van der Waals surface area contributed by atoms with Gasteiger partial charge in [-0.3, -0.25) is 15.5 Å². The molecule has 0 atom stereocenters. The van der Waals surface area contributed by atoms with Gasteiger partial charge in [-0.15, -0.1) is 0 Å². The van der Waals surface area contributed by atoms with E-state index in [4.69, 9.17) is 10.7 Å². The minimum Gasteiger partial charge on any atom is -0.258 e. The van der Waals surface area contributed by atoms with Gasteiger partial charge < -0.3 is 0 Å². The standard InChI is InChI=1S/C9H5N3O2/c10-5-8(6-11)7-1-3-9(4-2-7)12(13)14/h1-4,10H. The van der Waals surface area contributed by atoms with Crippen molar-refractivity contribution >= 4 is 17.1 Å². The fourth-order valence-corrected chi connectivity index (χ4v) is 0.914. The van der Waals surface area contributed by atoms with E-state index < -0.39 is 4.92 Å². The second kappa shape index (κ2) is 3.99. The SMILES string of the molecule is N#CC(=C=N)c1ccc([N+](=O)[O-])cc1. The third-order valence-electron chi connectivity index (χ3n) is 1.60. The quantitative estimate of drug-likeness (QED) is 0.331. The number of allylic oxidation sites excluding steroid dienone is 1. The predicted octanol–water partition coefficient (Wildman–Crippen LogP) is 1.75. The molecule has 0 bridgehead atoms. The van der Waals surface area contributed by atoms with E-state index in [1.165, 1.54) is 24.3 Å². The lowest BCUT2D eigenvalue weighted by Crippen LogP contribution is -1.88. The van der Waals surface area contributed by atoms with Gasteiger partial charge in [0.05, 0.1) is 4.92 Å². The zero-order valence-electron chi connectivity index (χ0n) is 7.02. The van der Waals surface area contributed by atoms with Crippen molar-refractivity contribution in [1.82, 2.24) is 0 Å². The summed E-state index contributed by atoms with van der Waals surface area (Å²) in [5, 5.41) is 25.6. The van der Waals surface area contributed by atoms with E-state index in [0.29, 0.717) is 5.56 Å². The van der Waals surface area contributed by atoms with Gasteiger partial charge in [0.1, 0.15) is 11.6 Å².